The minimum absolute atomic E-state index is 0.0157. The first kappa shape index (κ1) is 10.3. The molecular formula is C12H17NO2. The maximum absolute atomic E-state index is 6.09. The smallest absolute Gasteiger partial charge is 0.125 e. The van der Waals surface area contributed by atoms with Crippen LogP contribution < -0.4 is 15.2 Å². The van der Waals surface area contributed by atoms with Crippen LogP contribution in [0.15, 0.2) is 18.2 Å². The highest BCUT2D eigenvalue weighted by molar-refractivity contribution is 5.42. The lowest BCUT2D eigenvalue weighted by Crippen LogP contribution is -2.24. The van der Waals surface area contributed by atoms with Gasteiger partial charge in [-0.3, -0.25) is 0 Å². The van der Waals surface area contributed by atoms with Crippen LogP contribution in [-0.2, 0) is 6.42 Å². The standard InChI is InChI=1S/C12H17NO2/c1-14-10-4-3-9(11(7-10)15-2)8-12(13)5-6-12/h3-4,7H,5-6,8,13H2,1-2H3. The van der Waals surface area contributed by atoms with Gasteiger partial charge in [-0.1, -0.05) is 6.07 Å². The van der Waals surface area contributed by atoms with Crippen LogP contribution in [0.2, 0.25) is 0 Å². The number of methoxy groups -OCH3 is 2. The van der Waals surface area contributed by atoms with Gasteiger partial charge >= 0.3 is 0 Å². The SMILES string of the molecule is COc1ccc(CC2(N)CC2)c(OC)c1. The van der Waals surface area contributed by atoms with Gasteiger partial charge in [0.25, 0.3) is 0 Å². The van der Waals surface area contributed by atoms with Gasteiger partial charge in [-0.05, 0) is 30.9 Å². The van der Waals surface area contributed by atoms with Gasteiger partial charge in [-0.15, -0.1) is 0 Å². The second-order valence-corrected chi connectivity index (χ2v) is 4.22. The Kier molecular flexibility index (Phi) is 2.57. The van der Waals surface area contributed by atoms with Gasteiger partial charge in [-0.2, -0.15) is 0 Å². The lowest BCUT2D eigenvalue weighted by molar-refractivity contribution is 0.389. The first-order chi connectivity index (χ1) is 7.17. The maximum Gasteiger partial charge on any atom is 0.125 e. The number of rotatable bonds is 4. The lowest BCUT2D eigenvalue weighted by Gasteiger charge is -2.13. The average molecular weight is 207 g/mol. The molecule has 0 aromatic heterocycles. The lowest BCUT2D eigenvalue weighted by atomic mass is 10.0. The highest BCUT2D eigenvalue weighted by atomic mass is 16.5. The Hall–Kier alpha value is -1.22. The number of hydrogen-bond donors (Lipinski definition) is 1. The van der Waals surface area contributed by atoms with Crippen molar-refractivity contribution in [2.24, 2.45) is 5.73 Å². The second-order valence-electron chi connectivity index (χ2n) is 4.22. The summed E-state index contributed by atoms with van der Waals surface area (Å²) in [6.07, 6.45) is 3.12. The topological polar surface area (TPSA) is 44.5 Å². The Balaban J connectivity index is 2.22. The summed E-state index contributed by atoms with van der Waals surface area (Å²) >= 11 is 0. The largest absolute Gasteiger partial charge is 0.497 e. The Labute approximate surface area is 90.2 Å². The van der Waals surface area contributed by atoms with E-state index in [4.69, 9.17) is 15.2 Å². The molecule has 0 heterocycles. The minimum Gasteiger partial charge on any atom is -0.497 e. The van der Waals surface area contributed by atoms with Crippen molar-refractivity contribution >= 4 is 0 Å². The fourth-order valence-electron chi connectivity index (χ4n) is 1.71. The van der Waals surface area contributed by atoms with Crippen molar-refractivity contribution in [2.75, 3.05) is 14.2 Å². The average Bonchev–Trinajstić information content (AvgIpc) is 2.97. The zero-order valence-electron chi connectivity index (χ0n) is 9.25. The quantitative estimate of drug-likeness (QED) is 0.817. The summed E-state index contributed by atoms with van der Waals surface area (Å²) in [6, 6.07) is 5.88. The van der Waals surface area contributed by atoms with Crippen molar-refractivity contribution in [3.05, 3.63) is 23.8 Å². The van der Waals surface area contributed by atoms with Crippen molar-refractivity contribution in [3.63, 3.8) is 0 Å². The van der Waals surface area contributed by atoms with Crippen LogP contribution in [0.25, 0.3) is 0 Å². The molecule has 15 heavy (non-hydrogen) atoms. The highest BCUT2D eigenvalue weighted by Crippen LogP contribution is 2.38. The van der Waals surface area contributed by atoms with E-state index in [0.717, 1.165) is 30.8 Å². The van der Waals surface area contributed by atoms with Gasteiger partial charge in [-0.25, -0.2) is 0 Å². The van der Waals surface area contributed by atoms with Crippen LogP contribution in [0.1, 0.15) is 18.4 Å². The predicted octanol–water partition coefficient (Wildman–Crippen LogP) is 1.74. The first-order valence-electron chi connectivity index (χ1n) is 5.17. The Morgan fingerprint density at radius 3 is 2.53 bits per heavy atom. The Morgan fingerprint density at radius 1 is 1.27 bits per heavy atom. The molecule has 3 nitrogen and oxygen atoms in total. The summed E-state index contributed by atoms with van der Waals surface area (Å²) in [6.45, 7) is 0. The van der Waals surface area contributed by atoms with E-state index in [9.17, 15) is 0 Å². The Morgan fingerprint density at radius 2 is 2.00 bits per heavy atom. The van der Waals surface area contributed by atoms with Crippen LogP contribution in [0, 0.1) is 0 Å². The molecule has 0 unspecified atom stereocenters. The summed E-state index contributed by atoms with van der Waals surface area (Å²) in [5.41, 5.74) is 7.27. The predicted molar refractivity (Wildman–Crippen MR) is 59.4 cm³/mol. The molecule has 0 radical (unpaired) electrons. The Bertz CT molecular complexity index is 359. The molecule has 3 heteroatoms. The summed E-state index contributed by atoms with van der Waals surface area (Å²) < 4.78 is 10.5. The molecule has 0 amide bonds. The zero-order chi connectivity index (χ0) is 10.9. The molecule has 0 saturated heterocycles. The third-order valence-corrected chi connectivity index (χ3v) is 2.93. The summed E-state index contributed by atoms with van der Waals surface area (Å²) in [7, 11) is 3.33. The van der Waals surface area contributed by atoms with Crippen molar-refractivity contribution in [3.8, 4) is 11.5 Å². The van der Waals surface area contributed by atoms with Crippen LogP contribution in [0.3, 0.4) is 0 Å². The second kappa shape index (κ2) is 3.74. The third-order valence-electron chi connectivity index (χ3n) is 2.93. The van der Waals surface area contributed by atoms with Crippen LogP contribution >= 0.6 is 0 Å². The molecule has 82 valence electrons. The van der Waals surface area contributed by atoms with Crippen LogP contribution in [0.4, 0.5) is 0 Å². The molecule has 0 aliphatic heterocycles. The van der Waals surface area contributed by atoms with Gasteiger partial charge in [0.1, 0.15) is 11.5 Å². The van der Waals surface area contributed by atoms with E-state index in [2.05, 4.69) is 0 Å². The molecule has 1 aromatic carbocycles. The molecule has 2 rings (SSSR count). The summed E-state index contributed by atoms with van der Waals surface area (Å²) in [5.74, 6) is 1.68. The van der Waals surface area contributed by atoms with E-state index in [1.807, 2.05) is 18.2 Å². The first-order valence-corrected chi connectivity index (χ1v) is 5.17. The number of nitrogens with two attached hydrogens (primary N) is 1. The van der Waals surface area contributed by atoms with E-state index in [-0.39, 0.29) is 5.54 Å². The molecule has 1 aromatic rings. The van der Waals surface area contributed by atoms with Crippen LogP contribution in [-0.4, -0.2) is 19.8 Å². The van der Waals surface area contributed by atoms with E-state index in [1.165, 1.54) is 5.56 Å². The summed E-state index contributed by atoms with van der Waals surface area (Å²) in [4.78, 5) is 0. The molecule has 1 aliphatic rings. The highest BCUT2D eigenvalue weighted by Gasteiger charge is 2.38. The van der Waals surface area contributed by atoms with Crippen molar-refractivity contribution < 1.29 is 9.47 Å². The monoisotopic (exact) mass is 207 g/mol. The fourth-order valence-corrected chi connectivity index (χ4v) is 1.71. The third kappa shape index (κ3) is 2.23. The van der Waals surface area contributed by atoms with Crippen molar-refractivity contribution in [2.45, 2.75) is 24.8 Å². The normalized spacial score (nSPS) is 17.3. The number of ether oxygens (including phenoxy) is 2. The molecular weight excluding hydrogens is 190 g/mol. The van der Waals surface area contributed by atoms with E-state index < -0.39 is 0 Å². The molecule has 1 fully saturated rings. The zero-order valence-corrected chi connectivity index (χ0v) is 9.25. The maximum atomic E-state index is 6.09. The van der Waals surface area contributed by atoms with E-state index >= 15 is 0 Å². The molecule has 2 N–H and O–H groups in total. The summed E-state index contributed by atoms with van der Waals surface area (Å²) in [5, 5.41) is 0. The van der Waals surface area contributed by atoms with Gasteiger partial charge in [0, 0.05) is 11.6 Å². The van der Waals surface area contributed by atoms with Gasteiger partial charge < -0.3 is 15.2 Å². The minimum atomic E-state index is 0.0157. The van der Waals surface area contributed by atoms with E-state index in [1.54, 1.807) is 14.2 Å². The van der Waals surface area contributed by atoms with Gasteiger partial charge in [0.05, 0.1) is 14.2 Å². The van der Waals surface area contributed by atoms with Crippen molar-refractivity contribution in [1.29, 1.82) is 0 Å². The molecule has 1 saturated carbocycles. The molecule has 1 aliphatic carbocycles. The molecule has 0 bridgehead atoms. The molecule has 0 atom stereocenters. The van der Waals surface area contributed by atoms with E-state index in [0.29, 0.717) is 0 Å². The number of hydrogen-bond acceptors (Lipinski definition) is 3. The van der Waals surface area contributed by atoms with Crippen molar-refractivity contribution in [1.82, 2.24) is 0 Å². The van der Waals surface area contributed by atoms with Crippen LogP contribution in [0.5, 0.6) is 11.5 Å². The van der Waals surface area contributed by atoms with Gasteiger partial charge in [0.15, 0.2) is 0 Å². The number of benzene rings is 1. The fraction of sp³-hybridized carbons (Fsp3) is 0.500. The molecule has 0 spiro atoms. The van der Waals surface area contributed by atoms with Gasteiger partial charge in [0.2, 0.25) is 0 Å².